The van der Waals surface area contributed by atoms with Crippen molar-refractivity contribution in [2.75, 3.05) is 4.72 Å². The van der Waals surface area contributed by atoms with Crippen molar-refractivity contribution in [2.45, 2.75) is 25.4 Å². The molecule has 6 nitrogen and oxygen atoms in total. The van der Waals surface area contributed by atoms with Crippen LogP contribution in [-0.4, -0.2) is 18.0 Å². The number of imidazole rings is 1. The number of sulfonamides is 1. The summed E-state index contributed by atoms with van der Waals surface area (Å²) in [6.07, 6.45) is 1.49. The molecular formula is C13H14N4O2S. The largest absolute Gasteiger partial charge is 0.334 e. The van der Waals surface area contributed by atoms with E-state index in [-0.39, 0.29) is 5.03 Å². The fourth-order valence-corrected chi connectivity index (χ4v) is 2.85. The first-order valence-corrected chi connectivity index (χ1v) is 7.51. The summed E-state index contributed by atoms with van der Waals surface area (Å²) in [5.74, 6) is 0.638. The van der Waals surface area contributed by atoms with Gasteiger partial charge in [0.05, 0.1) is 17.3 Å². The lowest BCUT2D eigenvalue weighted by molar-refractivity contribution is 0.598. The van der Waals surface area contributed by atoms with E-state index in [0.717, 1.165) is 0 Å². The van der Waals surface area contributed by atoms with Gasteiger partial charge in [0.25, 0.3) is 10.0 Å². The van der Waals surface area contributed by atoms with Gasteiger partial charge in [-0.1, -0.05) is 6.07 Å². The zero-order chi connectivity index (χ0) is 14.8. The molecule has 104 valence electrons. The van der Waals surface area contributed by atoms with Crippen molar-refractivity contribution in [2.24, 2.45) is 0 Å². The Bertz CT molecular complexity index is 772. The molecule has 1 heterocycles. The first-order valence-electron chi connectivity index (χ1n) is 6.03. The molecule has 0 saturated heterocycles. The molecule has 0 bridgehead atoms. The highest BCUT2D eigenvalue weighted by Crippen LogP contribution is 2.16. The number of rotatable bonds is 4. The van der Waals surface area contributed by atoms with Crippen LogP contribution in [0.5, 0.6) is 0 Å². The Labute approximate surface area is 117 Å². The molecule has 0 saturated carbocycles. The van der Waals surface area contributed by atoms with Crippen molar-refractivity contribution in [3.8, 4) is 6.07 Å². The van der Waals surface area contributed by atoms with Crippen molar-refractivity contribution in [3.63, 3.8) is 0 Å². The molecule has 0 aliphatic heterocycles. The highest BCUT2D eigenvalue weighted by Gasteiger charge is 2.19. The molecule has 0 spiro atoms. The molecule has 1 aromatic carbocycles. The van der Waals surface area contributed by atoms with Crippen LogP contribution in [0.4, 0.5) is 5.69 Å². The molecule has 1 aromatic heterocycles. The van der Waals surface area contributed by atoms with E-state index in [4.69, 9.17) is 5.26 Å². The van der Waals surface area contributed by atoms with Crippen molar-refractivity contribution in [3.05, 3.63) is 41.9 Å². The molecule has 0 atom stereocenters. The Morgan fingerprint density at radius 2 is 2.20 bits per heavy atom. The Morgan fingerprint density at radius 3 is 2.80 bits per heavy atom. The fraction of sp³-hybridized carbons (Fsp3) is 0.231. The summed E-state index contributed by atoms with van der Waals surface area (Å²) in [6.45, 7) is 4.31. The van der Waals surface area contributed by atoms with E-state index in [1.807, 2.05) is 13.0 Å². The van der Waals surface area contributed by atoms with E-state index in [1.54, 1.807) is 29.7 Å². The number of hydrogen-bond acceptors (Lipinski definition) is 4. The normalized spacial score (nSPS) is 11.1. The molecule has 2 rings (SSSR count). The Morgan fingerprint density at radius 1 is 1.45 bits per heavy atom. The van der Waals surface area contributed by atoms with Crippen LogP contribution in [0.2, 0.25) is 0 Å². The molecule has 0 radical (unpaired) electrons. The summed E-state index contributed by atoms with van der Waals surface area (Å²) < 4.78 is 28.6. The van der Waals surface area contributed by atoms with Gasteiger partial charge in [-0.2, -0.15) is 13.7 Å². The summed E-state index contributed by atoms with van der Waals surface area (Å²) in [4.78, 5) is 4.04. The average Bonchev–Trinajstić information content (AvgIpc) is 2.80. The summed E-state index contributed by atoms with van der Waals surface area (Å²) in [5.41, 5.74) is 0.730. The maximum Gasteiger partial charge on any atom is 0.280 e. The fourth-order valence-electron chi connectivity index (χ4n) is 1.79. The number of nitriles is 1. The SMILES string of the molecule is CCn1cc(S(=O)(=O)Nc2cccc(C#N)c2)nc1C. The van der Waals surface area contributed by atoms with Crippen LogP contribution in [0.3, 0.4) is 0 Å². The van der Waals surface area contributed by atoms with Gasteiger partial charge in [0, 0.05) is 12.7 Å². The number of benzene rings is 1. The van der Waals surface area contributed by atoms with Crippen LogP contribution in [0, 0.1) is 18.3 Å². The van der Waals surface area contributed by atoms with Gasteiger partial charge in [-0.25, -0.2) is 4.98 Å². The number of nitrogens with one attached hydrogen (secondary N) is 1. The van der Waals surface area contributed by atoms with Gasteiger partial charge >= 0.3 is 0 Å². The minimum atomic E-state index is -3.74. The van der Waals surface area contributed by atoms with E-state index >= 15 is 0 Å². The van der Waals surface area contributed by atoms with Gasteiger partial charge < -0.3 is 4.57 Å². The second kappa shape index (κ2) is 5.35. The Hall–Kier alpha value is -2.33. The van der Waals surface area contributed by atoms with Gasteiger partial charge in [0.2, 0.25) is 0 Å². The van der Waals surface area contributed by atoms with Gasteiger partial charge in [-0.15, -0.1) is 0 Å². The lowest BCUT2D eigenvalue weighted by atomic mass is 10.2. The van der Waals surface area contributed by atoms with Crippen molar-refractivity contribution >= 4 is 15.7 Å². The molecule has 0 aliphatic carbocycles. The number of hydrogen-bond donors (Lipinski definition) is 1. The Balaban J connectivity index is 2.33. The monoisotopic (exact) mass is 290 g/mol. The number of nitrogens with zero attached hydrogens (tertiary/aromatic N) is 3. The molecule has 7 heteroatoms. The molecule has 0 aliphatic rings. The van der Waals surface area contributed by atoms with Crippen molar-refractivity contribution in [1.29, 1.82) is 5.26 Å². The Kier molecular flexibility index (Phi) is 3.77. The second-order valence-electron chi connectivity index (χ2n) is 4.21. The van der Waals surface area contributed by atoms with Crippen LogP contribution >= 0.6 is 0 Å². The van der Waals surface area contributed by atoms with E-state index in [2.05, 4.69) is 9.71 Å². The lowest BCUT2D eigenvalue weighted by Crippen LogP contribution is -2.13. The molecule has 0 fully saturated rings. The second-order valence-corrected chi connectivity index (χ2v) is 5.84. The van der Waals surface area contributed by atoms with Gasteiger partial charge in [-0.05, 0) is 32.0 Å². The molecule has 2 aromatic rings. The van der Waals surface area contributed by atoms with Gasteiger partial charge in [0.15, 0.2) is 5.03 Å². The van der Waals surface area contributed by atoms with Gasteiger partial charge in [-0.3, -0.25) is 4.72 Å². The number of anilines is 1. The summed E-state index contributed by atoms with van der Waals surface area (Å²) in [7, 11) is -3.74. The quantitative estimate of drug-likeness (QED) is 0.931. The molecule has 20 heavy (non-hydrogen) atoms. The molecular weight excluding hydrogens is 276 g/mol. The third-order valence-electron chi connectivity index (χ3n) is 2.81. The third-order valence-corrected chi connectivity index (χ3v) is 4.07. The van der Waals surface area contributed by atoms with E-state index < -0.39 is 10.0 Å². The van der Waals surface area contributed by atoms with Crippen LogP contribution < -0.4 is 4.72 Å². The van der Waals surface area contributed by atoms with Crippen molar-refractivity contribution in [1.82, 2.24) is 9.55 Å². The van der Waals surface area contributed by atoms with Crippen LogP contribution in [-0.2, 0) is 16.6 Å². The van der Waals surface area contributed by atoms with E-state index in [1.165, 1.54) is 12.3 Å². The maximum atomic E-state index is 12.2. The summed E-state index contributed by atoms with van der Waals surface area (Å²) in [6, 6.07) is 8.24. The standard InChI is InChI=1S/C13H14N4O2S/c1-3-17-9-13(15-10(17)2)20(18,19)16-12-6-4-5-11(7-12)8-14/h4-7,9,16H,3H2,1-2H3. The van der Waals surface area contributed by atoms with Gasteiger partial charge in [0.1, 0.15) is 5.82 Å². The number of aryl methyl sites for hydroxylation is 2. The van der Waals surface area contributed by atoms with E-state index in [0.29, 0.717) is 23.6 Å². The zero-order valence-electron chi connectivity index (χ0n) is 11.2. The predicted octanol–water partition coefficient (Wildman–Crippen LogP) is 1.88. The summed E-state index contributed by atoms with van der Waals surface area (Å²) >= 11 is 0. The minimum Gasteiger partial charge on any atom is -0.334 e. The molecule has 0 unspecified atom stereocenters. The highest BCUT2D eigenvalue weighted by atomic mass is 32.2. The first-order chi connectivity index (χ1) is 9.46. The predicted molar refractivity (Wildman–Crippen MR) is 74.6 cm³/mol. The average molecular weight is 290 g/mol. The van der Waals surface area contributed by atoms with Crippen LogP contribution in [0.15, 0.2) is 35.5 Å². The van der Waals surface area contributed by atoms with Crippen LogP contribution in [0.25, 0.3) is 0 Å². The van der Waals surface area contributed by atoms with E-state index in [9.17, 15) is 8.42 Å². The van der Waals surface area contributed by atoms with Crippen LogP contribution in [0.1, 0.15) is 18.3 Å². The van der Waals surface area contributed by atoms with Crippen molar-refractivity contribution < 1.29 is 8.42 Å². The first kappa shape index (κ1) is 14.1. The third kappa shape index (κ3) is 2.81. The smallest absolute Gasteiger partial charge is 0.280 e. The lowest BCUT2D eigenvalue weighted by Gasteiger charge is -2.05. The molecule has 1 N–H and O–H groups in total. The minimum absolute atomic E-state index is 0.0285. The topological polar surface area (TPSA) is 87.8 Å². The summed E-state index contributed by atoms with van der Waals surface area (Å²) in [5, 5.41) is 8.78. The molecule has 0 amide bonds. The highest BCUT2D eigenvalue weighted by molar-refractivity contribution is 7.92. The number of aromatic nitrogens is 2. The zero-order valence-corrected chi connectivity index (χ0v) is 12.0. The maximum absolute atomic E-state index is 12.2.